The number of nitrogens with one attached hydrogen (secondary N) is 1. The summed E-state index contributed by atoms with van der Waals surface area (Å²) in [6.07, 6.45) is 3.36. The van der Waals surface area contributed by atoms with Gasteiger partial charge in [0, 0.05) is 19.8 Å². The van der Waals surface area contributed by atoms with Crippen molar-refractivity contribution in [2.45, 2.75) is 25.2 Å². The first kappa shape index (κ1) is 14.5. The number of carbonyl (C=O) groups excluding carboxylic acids is 1. The molecule has 20 heavy (non-hydrogen) atoms. The van der Waals surface area contributed by atoms with Gasteiger partial charge in [-0.2, -0.15) is 5.26 Å². The Bertz CT molecular complexity index is 463. The number of hydrogen-bond donors (Lipinski definition) is 1. The number of carbonyl (C=O) groups is 1. The molecule has 1 amide bonds. The van der Waals surface area contributed by atoms with E-state index in [4.69, 9.17) is 10.00 Å². The van der Waals surface area contributed by atoms with E-state index in [2.05, 4.69) is 11.4 Å². The molecule has 0 spiro atoms. The second-order valence-corrected chi connectivity index (χ2v) is 5.14. The van der Waals surface area contributed by atoms with Crippen LogP contribution in [0.2, 0.25) is 0 Å². The fourth-order valence-electron chi connectivity index (χ4n) is 1.95. The molecule has 0 radical (unpaired) electrons. The van der Waals surface area contributed by atoms with Crippen LogP contribution in [0.3, 0.4) is 0 Å². The Morgan fingerprint density at radius 1 is 1.40 bits per heavy atom. The van der Waals surface area contributed by atoms with Gasteiger partial charge >= 0.3 is 0 Å². The summed E-state index contributed by atoms with van der Waals surface area (Å²) in [4.78, 5) is 12.0. The molecule has 2 rings (SSSR count). The number of ether oxygens (including phenoxy) is 1. The smallest absolute Gasteiger partial charge is 0.241 e. The number of rotatable bonds is 8. The monoisotopic (exact) mass is 272 g/mol. The molecule has 1 aliphatic rings. The number of hydrogen-bond acceptors (Lipinski definition) is 3. The Labute approximate surface area is 119 Å². The highest BCUT2D eigenvalue weighted by Gasteiger charge is 2.21. The van der Waals surface area contributed by atoms with Crippen LogP contribution in [-0.4, -0.2) is 25.7 Å². The summed E-state index contributed by atoms with van der Waals surface area (Å²) < 4.78 is 5.49. The Morgan fingerprint density at radius 2 is 2.15 bits per heavy atom. The average Bonchev–Trinajstić information content (AvgIpc) is 3.29. The van der Waals surface area contributed by atoms with E-state index in [1.54, 1.807) is 12.1 Å². The van der Waals surface area contributed by atoms with Gasteiger partial charge in [-0.25, -0.2) is 0 Å². The summed E-state index contributed by atoms with van der Waals surface area (Å²) >= 11 is 0. The minimum absolute atomic E-state index is 0.235. The third-order valence-electron chi connectivity index (χ3n) is 3.34. The van der Waals surface area contributed by atoms with E-state index in [-0.39, 0.29) is 5.91 Å². The lowest BCUT2D eigenvalue weighted by atomic mass is 10.00. The maximum atomic E-state index is 12.0. The summed E-state index contributed by atoms with van der Waals surface area (Å²) in [6.45, 7) is 2.06. The molecular formula is C16H20N2O2. The normalized spacial score (nSPS) is 15.3. The van der Waals surface area contributed by atoms with E-state index in [9.17, 15) is 4.79 Å². The van der Waals surface area contributed by atoms with E-state index in [1.807, 2.05) is 18.2 Å². The van der Waals surface area contributed by atoms with E-state index in [0.29, 0.717) is 13.2 Å². The first-order valence-corrected chi connectivity index (χ1v) is 7.11. The highest BCUT2D eigenvalue weighted by atomic mass is 16.5. The minimum atomic E-state index is -0.733. The summed E-state index contributed by atoms with van der Waals surface area (Å²) in [6, 6.07) is 11.2. The van der Waals surface area contributed by atoms with Gasteiger partial charge in [0.2, 0.25) is 5.91 Å². The predicted molar refractivity (Wildman–Crippen MR) is 76.0 cm³/mol. The number of nitriles is 1. The predicted octanol–water partition coefficient (Wildman–Crippen LogP) is 2.23. The molecule has 106 valence electrons. The van der Waals surface area contributed by atoms with Crippen molar-refractivity contribution in [1.29, 1.82) is 5.26 Å². The number of amides is 1. The second kappa shape index (κ2) is 7.66. The Morgan fingerprint density at radius 3 is 2.80 bits per heavy atom. The zero-order chi connectivity index (χ0) is 14.2. The zero-order valence-electron chi connectivity index (χ0n) is 11.5. The summed E-state index contributed by atoms with van der Waals surface area (Å²) in [5.41, 5.74) is 0.734. The lowest BCUT2D eigenvalue weighted by Crippen LogP contribution is -2.30. The maximum absolute atomic E-state index is 12.0. The third-order valence-corrected chi connectivity index (χ3v) is 3.34. The van der Waals surface area contributed by atoms with Crippen molar-refractivity contribution in [3.63, 3.8) is 0 Å². The topological polar surface area (TPSA) is 62.1 Å². The SMILES string of the molecule is N#CC(C(=O)NCCCOCC1CC1)c1ccccc1. The van der Waals surface area contributed by atoms with Crippen molar-refractivity contribution >= 4 is 5.91 Å². The molecule has 1 saturated carbocycles. The van der Waals surface area contributed by atoms with Crippen LogP contribution in [0.5, 0.6) is 0 Å². The zero-order valence-corrected chi connectivity index (χ0v) is 11.5. The van der Waals surface area contributed by atoms with Gasteiger partial charge in [0.1, 0.15) is 5.92 Å². The lowest BCUT2D eigenvalue weighted by Gasteiger charge is -2.10. The molecule has 0 saturated heterocycles. The van der Waals surface area contributed by atoms with E-state index in [0.717, 1.165) is 24.5 Å². The molecule has 4 heteroatoms. The molecule has 1 aromatic rings. The number of nitrogens with zero attached hydrogens (tertiary/aromatic N) is 1. The fourth-order valence-corrected chi connectivity index (χ4v) is 1.95. The molecule has 1 aromatic carbocycles. The third kappa shape index (κ3) is 4.67. The van der Waals surface area contributed by atoms with Crippen molar-refractivity contribution in [3.05, 3.63) is 35.9 Å². The van der Waals surface area contributed by atoms with Crippen molar-refractivity contribution in [2.75, 3.05) is 19.8 Å². The Balaban J connectivity index is 1.66. The first-order valence-electron chi connectivity index (χ1n) is 7.11. The van der Waals surface area contributed by atoms with Gasteiger partial charge in [0.05, 0.1) is 6.07 Å². The molecule has 0 aliphatic heterocycles. The Hall–Kier alpha value is -1.86. The fraction of sp³-hybridized carbons (Fsp3) is 0.500. The molecule has 4 nitrogen and oxygen atoms in total. The van der Waals surface area contributed by atoms with Gasteiger partial charge in [0.15, 0.2) is 0 Å². The van der Waals surface area contributed by atoms with Crippen molar-refractivity contribution in [1.82, 2.24) is 5.32 Å². The van der Waals surface area contributed by atoms with Crippen LogP contribution in [0.25, 0.3) is 0 Å². The van der Waals surface area contributed by atoms with Gasteiger partial charge in [-0.05, 0) is 30.7 Å². The van der Waals surface area contributed by atoms with Crippen molar-refractivity contribution in [3.8, 4) is 6.07 Å². The van der Waals surface area contributed by atoms with Gasteiger partial charge in [-0.3, -0.25) is 4.79 Å². The Kier molecular flexibility index (Phi) is 5.57. The summed E-state index contributed by atoms with van der Waals surface area (Å²) in [5, 5.41) is 11.9. The maximum Gasteiger partial charge on any atom is 0.241 e. The molecule has 1 atom stereocenters. The van der Waals surface area contributed by atoms with Crippen LogP contribution < -0.4 is 5.32 Å². The van der Waals surface area contributed by atoms with Gasteiger partial charge in [0.25, 0.3) is 0 Å². The average molecular weight is 272 g/mol. The lowest BCUT2D eigenvalue weighted by molar-refractivity contribution is -0.121. The van der Waals surface area contributed by atoms with Gasteiger partial charge in [-0.15, -0.1) is 0 Å². The highest BCUT2D eigenvalue weighted by molar-refractivity contribution is 5.86. The standard InChI is InChI=1S/C16H20N2O2/c17-11-15(14-5-2-1-3-6-14)16(19)18-9-4-10-20-12-13-7-8-13/h1-3,5-6,13,15H,4,7-10,12H2,(H,18,19). The molecule has 0 bridgehead atoms. The quantitative estimate of drug-likeness (QED) is 0.738. The van der Waals surface area contributed by atoms with Crippen LogP contribution in [-0.2, 0) is 9.53 Å². The molecule has 1 unspecified atom stereocenters. The molecule has 1 N–H and O–H groups in total. The first-order chi connectivity index (χ1) is 9.81. The second-order valence-electron chi connectivity index (χ2n) is 5.14. The molecule has 0 heterocycles. The van der Waals surface area contributed by atoms with Gasteiger partial charge in [-0.1, -0.05) is 30.3 Å². The van der Waals surface area contributed by atoms with Gasteiger partial charge < -0.3 is 10.1 Å². The van der Waals surface area contributed by atoms with E-state index >= 15 is 0 Å². The molecule has 1 fully saturated rings. The van der Waals surface area contributed by atoms with Crippen LogP contribution in [0.1, 0.15) is 30.7 Å². The van der Waals surface area contributed by atoms with Crippen molar-refractivity contribution in [2.24, 2.45) is 5.92 Å². The molecular weight excluding hydrogens is 252 g/mol. The summed E-state index contributed by atoms with van der Waals surface area (Å²) in [5.74, 6) is -0.199. The van der Waals surface area contributed by atoms with E-state index < -0.39 is 5.92 Å². The molecule has 1 aliphatic carbocycles. The molecule has 0 aromatic heterocycles. The van der Waals surface area contributed by atoms with Crippen LogP contribution >= 0.6 is 0 Å². The number of benzene rings is 1. The van der Waals surface area contributed by atoms with E-state index in [1.165, 1.54) is 12.8 Å². The summed E-state index contributed by atoms with van der Waals surface area (Å²) in [7, 11) is 0. The van der Waals surface area contributed by atoms with Crippen LogP contribution in [0.15, 0.2) is 30.3 Å². The largest absolute Gasteiger partial charge is 0.381 e. The van der Waals surface area contributed by atoms with Crippen LogP contribution in [0, 0.1) is 17.2 Å². The highest BCUT2D eigenvalue weighted by Crippen LogP contribution is 2.28. The van der Waals surface area contributed by atoms with Crippen molar-refractivity contribution < 1.29 is 9.53 Å². The minimum Gasteiger partial charge on any atom is -0.381 e. The van der Waals surface area contributed by atoms with Crippen LogP contribution in [0.4, 0.5) is 0 Å².